The second-order valence-electron chi connectivity index (χ2n) is 5.57. The molecule has 0 amide bonds. The van der Waals surface area contributed by atoms with E-state index in [2.05, 4.69) is 0 Å². The lowest BCUT2D eigenvalue weighted by Gasteiger charge is -2.29. The number of nitro benzene ring substituents is 1. The Morgan fingerprint density at radius 2 is 2.14 bits per heavy atom. The minimum absolute atomic E-state index is 0.0450. The number of rotatable bonds is 6. The summed E-state index contributed by atoms with van der Waals surface area (Å²) in [5, 5.41) is 20.2. The van der Waals surface area contributed by atoms with Gasteiger partial charge in [-0.25, -0.2) is 9.18 Å². The van der Waals surface area contributed by atoms with Crippen molar-refractivity contribution in [3.63, 3.8) is 0 Å². The van der Waals surface area contributed by atoms with Crippen LogP contribution in [0.25, 0.3) is 0 Å². The maximum Gasteiger partial charge on any atom is 0.338 e. The molecule has 1 fully saturated rings. The fourth-order valence-electron chi connectivity index (χ4n) is 2.26. The summed E-state index contributed by atoms with van der Waals surface area (Å²) in [5.74, 6) is -2.06. The van der Waals surface area contributed by atoms with Crippen molar-refractivity contribution < 1.29 is 19.2 Å². The van der Waals surface area contributed by atoms with Crippen LogP contribution in [0.2, 0.25) is 0 Å². The van der Waals surface area contributed by atoms with Gasteiger partial charge < -0.3 is 10.0 Å². The fourth-order valence-corrected chi connectivity index (χ4v) is 2.26. The number of benzene rings is 1. The second-order valence-corrected chi connectivity index (χ2v) is 5.57. The van der Waals surface area contributed by atoms with Crippen LogP contribution in [0.15, 0.2) is 12.1 Å². The van der Waals surface area contributed by atoms with Crippen LogP contribution in [0.4, 0.5) is 15.8 Å². The van der Waals surface area contributed by atoms with Crippen LogP contribution in [0, 0.1) is 21.8 Å². The molecule has 0 atom stereocenters. The number of halogens is 1. The molecule has 1 aliphatic rings. The summed E-state index contributed by atoms with van der Waals surface area (Å²) in [6.45, 7) is 4.36. The quantitative estimate of drug-likeness (QED) is 0.644. The van der Waals surface area contributed by atoms with E-state index in [9.17, 15) is 19.3 Å². The molecule has 21 heavy (non-hydrogen) atoms. The zero-order valence-electron chi connectivity index (χ0n) is 11.9. The van der Waals surface area contributed by atoms with Gasteiger partial charge in [0.05, 0.1) is 16.6 Å². The highest BCUT2D eigenvalue weighted by molar-refractivity contribution is 5.90. The molecule has 1 aromatic rings. The van der Waals surface area contributed by atoms with Gasteiger partial charge in [0, 0.05) is 12.6 Å². The molecule has 114 valence electrons. The van der Waals surface area contributed by atoms with E-state index in [1.54, 1.807) is 4.90 Å². The van der Waals surface area contributed by atoms with Crippen molar-refractivity contribution in [2.24, 2.45) is 5.92 Å². The van der Waals surface area contributed by atoms with Gasteiger partial charge >= 0.3 is 5.97 Å². The molecule has 1 saturated carbocycles. The van der Waals surface area contributed by atoms with E-state index < -0.39 is 28.0 Å². The van der Waals surface area contributed by atoms with Crippen molar-refractivity contribution in [3.05, 3.63) is 33.6 Å². The molecular formula is C14H17FN2O4. The van der Waals surface area contributed by atoms with Crippen LogP contribution in [0.3, 0.4) is 0 Å². The lowest BCUT2D eigenvalue weighted by Crippen LogP contribution is -2.33. The fraction of sp³-hybridized carbons (Fsp3) is 0.500. The molecule has 0 radical (unpaired) electrons. The van der Waals surface area contributed by atoms with E-state index in [0.29, 0.717) is 18.5 Å². The normalized spacial score (nSPS) is 14.3. The van der Waals surface area contributed by atoms with E-state index in [1.807, 2.05) is 13.8 Å². The number of carbonyl (C=O) groups is 1. The summed E-state index contributed by atoms with van der Waals surface area (Å²) >= 11 is 0. The zero-order valence-corrected chi connectivity index (χ0v) is 11.9. The van der Waals surface area contributed by atoms with Gasteiger partial charge in [-0.2, -0.15) is 0 Å². The first kappa shape index (κ1) is 15.2. The number of anilines is 1. The molecule has 0 aliphatic heterocycles. The number of nitro groups is 1. The SMILES string of the molecule is CC(C)N(CC1CC1)c1cc(C(=O)O)c(F)cc1[N+](=O)[O-]. The highest BCUT2D eigenvalue weighted by Crippen LogP contribution is 2.37. The highest BCUT2D eigenvalue weighted by atomic mass is 19.1. The highest BCUT2D eigenvalue weighted by Gasteiger charge is 2.31. The number of aromatic carboxylic acids is 1. The predicted octanol–water partition coefficient (Wildman–Crippen LogP) is 3.06. The number of hydrogen-bond donors (Lipinski definition) is 1. The molecule has 0 saturated heterocycles. The molecule has 6 nitrogen and oxygen atoms in total. The van der Waals surface area contributed by atoms with Gasteiger partial charge in [0.1, 0.15) is 11.5 Å². The predicted molar refractivity (Wildman–Crippen MR) is 75.2 cm³/mol. The Morgan fingerprint density at radius 1 is 1.52 bits per heavy atom. The third-order valence-corrected chi connectivity index (χ3v) is 3.58. The smallest absolute Gasteiger partial charge is 0.338 e. The van der Waals surface area contributed by atoms with Crippen molar-refractivity contribution in [3.8, 4) is 0 Å². The number of hydrogen-bond acceptors (Lipinski definition) is 4. The molecule has 1 aliphatic carbocycles. The molecule has 0 aromatic heterocycles. The monoisotopic (exact) mass is 296 g/mol. The van der Waals surface area contributed by atoms with E-state index in [-0.39, 0.29) is 11.7 Å². The topological polar surface area (TPSA) is 83.7 Å². The molecule has 2 rings (SSSR count). The Bertz CT molecular complexity index is 585. The minimum Gasteiger partial charge on any atom is -0.478 e. The summed E-state index contributed by atoms with van der Waals surface area (Å²) in [4.78, 5) is 23.3. The first-order valence-corrected chi connectivity index (χ1v) is 6.79. The van der Waals surface area contributed by atoms with E-state index >= 15 is 0 Å². The van der Waals surface area contributed by atoms with Gasteiger partial charge in [-0.05, 0) is 38.7 Å². The molecule has 0 bridgehead atoms. The van der Waals surface area contributed by atoms with Gasteiger partial charge in [0.15, 0.2) is 0 Å². The van der Waals surface area contributed by atoms with Crippen LogP contribution < -0.4 is 4.90 Å². The van der Waals surface area contributed by atoms with Crippen molar-refractivity contribution in [2.75, 3.05) is 11.4 Å². The average molecular weight is 296 g/mol. The Kier molecular flexibility index (Phi) is 4.11. The van der Waals surface area contributed by atoms with Gasteiger partial charge in [-0.1, -0.05) is 0 Å². The largest absolute Gasteiger partial charge is 0.478 e. The summed E-state index contributed by atoms with van der Waals surface area (Å²) in [6, 6.07) is 1.72. The van der Waals surface area contributed by atoms with Crippen molar-refractivity contribution >= 4 is 17.3 Å². The Labute approximate surface area is 121 Å². The average Bonchev–Trinajstić information content (AvgIpc) is 3.19. The molecular weight excluding hydrogens is 279 g/mol. The number of carboxylic acids is 1. The van der Waals surface area contributed by atoms with Gasteiger partial charge in [0.25, 0.3) is 5.69 Å². The maximum atomic E-state index is 13.7. The summed E-state index contributed by atoms with van der Waals surface area (Å²) in [5.41, 5.74) is -0.774. The standard InChI is InChI=1S/C14H17FN2O4/c1-8(2)16(7-9-3-4-9)12-5-10(14(18)19)11(15)6-13(12)17(20)21/h5-6,8-9H,3-4,7H2,1-2H3,(H,18,19). The van der Waals surface area contributed by atoms with E-state index in [0.717, 1.165) is 18.9 Å². The van der Waals surface area contributed by atoms with Gasteiger partial charge in [-0.3, -0.25) is 10.1 Å². The lowest BCUT2D eigenvalue weighted by molar-refractivity contribution is -0.384. The molecule has 0 spiro atoms. The summed E-state index contributed by atoms with van der Waals surface area (Å²) in [6.07, 6.45) is 2.12. The lowest BCUT2D eigenvalue weighted by atomic mass is 10.1. The summed E-state index contributed by atoms with van der Waals surface area (Å²) in [7, 11) is 0. The molecule has 1 aromatic carbocycles. The van der Waals surface area contributed by atoms with Gasteiger partial charge in [-0.15, -0.1) is 0 Å². The summed E-state index contributed by atoms with van der Waals surface area (Å²) < 4.78 is 13.7. The second kappa shape index (κ2) is 5.67. The Hall–Kier alpha value is -2.18. The molecule has 1 N–H and O–H groups in total. The van der Waals surface area contributed by atoms with Crippen LogP contribution in [-0.4, -0.2) is 28.6 Å². The first-order valence-electron chi connectivity index (χ1n) is 6.79. The van der Waals surface area contributed by atoms with Crippen LogP contribution in [0.1, 0.15) is 37.0 Å². The Balaban J connectivity index is 2.53. The minimum atomic E-state index is -1.43. The first-order chi connectivity index (χ1) is 9.81. The molecule has 0 unspecified atom stereocenters. The van der Waals surface area contributed by atoms with Crippen molar-refractivity contribution in [2.45, 2.75) is 32.7 Å². The molecule has 0 heterocycles. The third kappa shape index (κ3) is 3.29. The van der Waals surface area contributed by atoms with Gasteiger partial charge in [0.2, 0.25) is 0 Å². The van der Waals surface area contributed by atoms with E-state index in [1.165, 1.54) is 0 Å². The number of carboxylic acid groups (broad SMARTS) is 1. The van der Waals surface area contributed by atoms with E-state index in [4.69, 9.17) is 5.11 Å². The number of nitrogens with zero attached hydrogens (tertiary/aromatic N) is 2. The van der Waals surface area contributed by atoms with Crippen LogP contribution >= 0.6 is 0 Å². The Morgan fingerprint density at radius 3 is 2.57 bits per heavy atom. The zero-order chi connectivity index (χ0) is 15.7. The maximum absolute atomic E-state index is 13.7. The van der Waals surface area contributed by atoms with Crippen molar-refractivity contribution in [1.82, 2.24) is 0 Å². The van der Waals surface area contributed by atoms with Crippen LogP contribution in [0.5, 0.6) is 0 Å². The molecule has 7 heteroatoms. The third-order valence-electron chi connectivity index (χ3n) is 3.58. The van der Waals surface area contributed by atoms with Crippen molar-refractivity contribution in [1.29, 1.82) is 0 Å². The van der Waals surface area contributed by atoms with Crippen LogP contribution in [-0.2, 0) is 0 Å².